The molecule has 1 N–H and O–H groups in total. The molecule has 5 nitrogen and oxygen atoms in total. The second kappa shape index (κ2) is 10.6. The third kappa shape index (κ3) is 5.53. The number of amides is 1. The van der Waals surface area contributed by atoms with Crippen LogP contribution in [0.1, 0.15) is 24.1 Å². The van der Waals surface area contributed by atoms with Gasteiger partial charge in [-0.05, 0) is 47.0 Å². The smallest absolute Gasteiger partial charge is 0.246 e. The summed E-state index contributed by atoms with van der Waals surface area (Å²) < 4.78 is 5.70. The van der Waals surface area contributed by atoms with E-state index in [1.54, 1.807) is 11.3 Å². The summed E-state index contributed by atoms with van der Waals surface area (Å²) in [6, 6.07) is 19.5. The first-order valence-electron chi connectivity index (χ1n) is 10.8. The fourth-order valence-electron chi connectivity index (χ4n) is 4.04. The van der Waals surface area contributed by atoms with Crippen molar-refractivity contribution in [1.82, 2.24) is 9.80 Å². The average Bonchev–Trinajstić information content (AvgIpc) is 3.30. The Hall–Kier alpha value is -2.67. The number of anilines is 1. The molecule has 4 rings (SSSR count). The predicted molar refractivity (Wildman–Crippen MR) is 127 cm³/mol. The first kappa shape index (κ1) is 21.6. The van der Waals surface area contributed by atoms with Gasteiger partial charge in [0, 0.05) is 32.7 Å². The van der Waals surface area contributed by atoms with E-state index in [0.717, 1.165) is 38.3 Å². The van der Waals surface area contributed by atoms with E-state index >= 15 is 0 Å². The minimum atomic E-state index is -0.334. The fraction of sp³-hybridized carbons (Fsp3) is 0.320. The summed E-state index contributed by atoms with van der Waals surface area (Å²) in [6.45, 7) is 7.07. The van der Waals surface area contributed by atoms with Gasteiger partial charge in [-0.3, -0.25) is 14.6 Å². The predicted octanol–water partition coefficient (Wildman–Crippen LogP) is 4.64. The van der Waals surface area contributed by atoms with Crippen LogP contribution in [0, 0.1) is 0 Å². The monoisotopic (exact) mass is 435 g/mol. The second-order valence-electron chi connectivity index (χ2n) is 7.68. The topological polar surface area (TPSA) is 44.8 Å². The van der Waals surface area contributed by atoms with Gasteiger partial charge in [-0.25, -0.2) is 0 Å². The van der Waals surface area contributed by atoms with Crippen molar-refractivity contribution in [3.05, 3.63) is 82.6 Å². The van der Waals surface area contributed by atoms with E-state index in [-0.39, 0.29) is 11.9 Å². The number of rotatable bonds is 8. The molecule has 1 fully saturated rings. The van der Waals surface area contributed by atoms with Gasteiger partial charge in [-0.15, -0.1) is 0 Å². The lowest BCUT2D eigenvalue weighted by Gasteiger charge is -2.38. The number of thiophene rings is 1. The van der Waals surface area contributed by atoms with Crippen LogP contribution in [0.2, 0.25) is 0 Å². The second-order valence-corrected chi connectivity index (χ2v) is 8.46. The molecule has 2 heterocycles. The Balaban J connectivity index is 1.48. The van der Waals surface area contributed by atoms with Gasteiger partial charge in [0.1, 0.15) is 11.8 Å². The highest BCUT2D eigenvalue weighted by molar-refractivity contribution is 7.07. The first-order chi connectivity index (χ1) is 15.2. The molecule has 0 aliphatic carbocycles. The summed E-state index contributed by atoms with van der Waals surface area (Å²) in [5.74, 6) is 0.676. The molecule has 0 radical (unpaired) electrons. The van der Waals surface area contributed by atoms with Gasteiger partial charge in [0.2, 0.25) is 5.91 Å². The van der Waals surface area contributed by atoms with Gasteiger partial charge in [-0.2, -0.15) is 11.3 Å². The zero-order chi connectivity index (χ0) is 21.5. The van der Waals surface area contributed by atoms with Crippen molar-refractivity contribution in [2.45, 2.75) is 19.5 Å². The summed E-state index contributed by atoms with van der Waals surface area (Å²) in [4.78, 5) is 18.2. The van der Waals surface area contributed by atoms with Crippen molar-refractivity contribution in [1.29, 1.82) is 0 Å². The Morgan fingerprint density at radius 1 is 1.03 bits per heavy atom. The van der Waals surface area contributed by atoms with Crippen LogP contribution in [-0.2, 0) is 11.3 Å². The molecule has 3 aromatic rings. The molecule has 6 heteroatoms. The summed E-state index contributed by atoms with van der Waals surface area (Å²) in [5, 5.41) is 7.46. The van der Waals surface area contributed by atoms with Crippen molar-refractivity contribution in [3.63, 3.8) is 0 Å². The SMILES string of the molecule is CCOc1ccccc1NC(=O)[C@@H](c1ccccc1)N1CCN(Cc2ccsc2)CC1. The van der Waals surface area contributed by atoms with E-state index in [1.807, 2.05) is 61.5 Å². The number of piperazine rings is 1. The highest BCUT2D eigenvalue weighted by Crippen LogP contribution is 2.28. The van der Waals surface area contributed by atoms with Crippen LogP contribution in [0.15, 0.2) is 71.4 Å². The van der Waals surface area contributed by atoms with E-state index in [4.69, 9.17) is 4.74 Å². The third-order valence-corrected chi connectivity index (χ3v) is 6.30. The normalized spacial score (nSPS) is 16.0. The lowest BCUT2D eigenvalue weighted by atomic mass is 10.0. The fourth-order valence-corrected chi connectivity index (χ4v) is 4.70. The van der Waals surface area contributed by atoms with Gasteiger partial charge in [-0.1, -0.05) is 42.5 Å². The Morgan fingerprint density at radius 2 is 1.77 bits per heavy atom. The van der Waals surface area contributed by atoms with Gasteiger partial charge >= 0.3 is 0 Å². The van der Waals surface area contributed by atoms with E-state index in [2.05, 4.69) is 31.9 Å². The number of nitrogens with one attached hydrogen (secondary N) is 1. The number of nitrogens with zero attached hydrogens (tertiary/aromatic N) is 2. The number of carbonyl (C=O) groups excluding carboxylic acids is 1. The molecule has 162 valence electrons. The van der Waals surface area contributed by atoms with Crippen molar-refractivity contribution in [3.8, 4) is 5.75 Å². The Morgan fingerprint density at radius 3 is 2.48 bits per heavy atom. The highest BCUT2D eigenvalue weighted by atomic mass is 32.1. The Labute approximate surface area is 188 Å². The molecular formula is C25H29N3O2S. The lowest BCUT2D eigenvalue weighted by Crippen LogP contribution is -2.49. The summed E-state index contributed by atoms with van der Waals surface area (Å²) >= 11 is 1.74. The van der Waals surface area contributed by atoms with E-state index < -0.39 is 0 Å². The summed E-state index contributed by atoms with van der Waals surface area (Å²) in [5.41, 5.74) is 3.09. The van der Waals surface area contributed by atoms with Gasteiger partial charge in [0.25, 0.3) is 0 Å². The van der Waals surface area contributed by atoms with Crippen LogP contribution in [0.5, 0.6) is 5.75 Å². The molecule has 1 atom stereocenters. The largest absolute Gasteiger partial charge is 0.492 e. The van der Waals surface area contributed by atoms with Crippen LogP contribution in [-0.4, -0.2) is 48.5 Å². The summed E-state index contributed by atoms with van der Waals surface area (Å²) in [7, 11) is 0. The van der Waals surface area contributed by atoms with Gasteiger partial charge in [0.15, 0.2) is 0 Å². The van der Waals surface area contributed by atoms with E-state index in [9.17, 15) is 4.79 Å². The molecule has 0 saturated carbocycles. The number of hydrogen-bond donors (Lipinski definition) is 1. The summed E-state index contributed by atoms with van der Waals surface area (Å²) in [6.07, 6.45) is 0. The number of hydrogen-bond acceptors (Lipinski definition) is 5. The van der Waals surface area contributed by atoms with Gasteiger partial charge < -0.3 is 10.1 Å². The lowest BCUT2D eigenvalue weighted by molar-refractivity contribution is -0.122. The van der Waals surface area contributed by atoms with E-state index in [0.29, 0.717) is 18.0 Å². The quantitative estimate of drug-likeness (QED) is 0.560. The maximum Gasteiger partial charge on any atom is 0.246 e. The Kier molecular flexibility index (Phi) is 7.35. The molecule has 0 unspecified atom stereocenters. The minimum Gasteiger partial charge on any atom is -0.492 e. The molecule has 31 heavy (non-hydrogen) atoms. The molecule has 1 amide bonds. The third-order valence-electron chi connectivity index (χ3n) is 5.57. The average molecular weight is 436 g/mol. The molecule has 1 aliphatic heterocycles. The number of benzene rings is 2. The van der Waals surface area contributed by atoms with Crippen molar-refractivity contribution in [2.24, 2.45) is 0 Å². The molecule has 1 aliphatic rings. The van der Waals surface area contributed by atoms with Gasteiger partial charge in [0.05, 0.1) is 12.3 Å². The van der Waals surface area contributed by atoms with Crippen molar-refractivity contribution in [2.75, 3.05) is 38.1 Å². The molecule has 1 aromatic heterocycles. The standard InChI is InChI=1S/C25H29N3O2S/c1-2-30-23-11-7-6-10-22(23)26-25(29)24(21-8-4-3-5-9-21)28-15-13-27(14-16-28)18-20-12-17-31-19-20/h3-12,17,19,24H,2,13-16,18H2,1H3,(H,26,29)/t24-/m1/s1. The number of ether oxygens (including phenoxy) is 1. The number of para-hydroxylation sites is 2. The van der Waals surface area contributed by atoms with Crippen molar-refractivity contribution < 1.29 is 9.53 Å². The van der Waals surface area contributed by atoms with Crippen molar-refractivity contribution >= 4 is 22.9 Å². The van der Waals surface area contributed by atoms with Crippen LogP contribution < -0.4 is 10.1 Å². The van der Waals surface area contributed by atoms with E-state index in [1.165, 1.54) is 5.56 Å². The zero-order valence-corrected chi connectivity index (χ0v) is 18.7. The molecule has 1 saturated heterocycles. The Bertz CT molecular complexity index is 954. The minimum absolute atomic E-state index is 0.0235. The molecule has 0 bridgehead atoms. The maximum atomic E-state index is 13.5. The molecule has 2 aromatic carbocycles. The van der Waals surface area contributed by atoms with Crippen LogP contribution >= 0.6 is 11.3 Å². The zero-order valence-electron chi connectivity index (χ0n) is 17.9. The highest BCUT2D eigenvalue weighted by Gasteiger charge is 2.31. The maximum absolute atomic E-state index is 13.5. The number of carbonyl (C=O) groups is 1. The first-order valence-corrected chi connectivity index (χ1v) is 11.7. The molecule has 0 spiro atoms. The molecular weight excluding hydrogens is 406 g/mol. The van der Waals surface area contributed by atoms with Crippen LogP contribution in [0.3, 0.4) is 0 Å². The van der Waals surface area contributed by atoms with Crippen LogP contribution in [0.25, 0.3) is 0 Å². The van der Waals surface area contributed by atoms with Crippen LogP contribution in [0.4, 0.5) is 5.69 Å².